The van der Waals surface area contributed by atoms with Crippen LogP contribution in [0, 0.1) is 5.82 Å². The van der Waals surface area contributed by atoms with Gasteiger partial charge in [0.05, 0.1) is 11.0 Å². The van der Waals surface area contributed by atoms with Crippen LogP contribution in [0.4, 0.5) is 10.2 Å². The number of thiazole rings is 1. The van der Waals surface area contributed by atoms with E-state index in [1.165, 1.54) is 23.5 Å². The van der Waals surface area contributed by atoms with E-state index in [1.807, 2.05) is 51.7 Å². The number of carbonyl (C=O) groups is 1. The molecule has 0 spiro atoms. The second-order valence-electron chi connectivity index (χ2n) is 6.88. The maximum absolute atomic E-state index is 13.4. The molecule has 1 amide bonds. The average molecular weight is 419 g/mol. The number of fused-ring (bicyclic) bond motifs is 2. The first kappa shape index (κ1) is 18.5. The van der Waals surface area contributed by atoms with E-state index < -0.39 is 0 Å². The molecule has 0 saturated heterocycles. The van der Waals surface area contributed by atoms with Gasteiger partial charge in [-0.2, -0.15) is 0 Å². The Hall–Kier alpha value is -3.52. The second-order valence-corrected chi connectivity index (χ2v) is 7.75. The van der Waals surface area contributed by atoms with Crippen LogP contribution in [-0.2, 0) is 17.8 Å². The summed E-state index contributed by atoms with van der Waals surface area (Å²) in [5.41, 5.74) is 3.15. The van der Waals surface area contributed by atoms with Gasteiger partial charge in [-0.25, -0.2) is 14.4 Å². The highest BCUT2D eigenvalue weighted by Crippen LogP contribution is 2.31. The van der Waals surface area contributed by atoms with E-state index in [-0.39, 0.29) is 18.3 Å². The van der Waals surface area contributed by atoms with Crippen LogP contribution >= 0.6 is 11.3 Å². The predicted molar refractivity (Wildman–Crippen MR) is 116 cm³/mol. The van der Waals surface area contributed by atoms with Gasteiger partial charge in [-0.15, -0.1) is 11.3 Å². The Morgan fingerprint density at radius 3 is 2.73 bits per heavy atom. The minimum absolute atomic E-state index is 0.143. The monoisotopic (exact) mass is 419 g/mol. The molecule has 30 heavy (non-hydrogen) atoms. The molecule has 0 aliphatic heterocycles. The number of benzene rings is 2. The summed E-state index contributed by atoms with van der Waals surface area (Å²) in [5, 5.41) is 4.92. The second kappa shape index (κ2) is 7.38. The first-order valence-corrected chi connectivity index (χ1v) is 10.5. The SMILES string of the molecule is CCc1nc2ccccc2n1CC(=O)Nc1c(-c2ccc(F)cc2)nc2sccn12. The van der Waals surface area contributed by atoms with E-state index in [4.69, 9.17) is 0 Å². The molecule has 0 unspecified atom stereocenters. The van der Waals surface area contributed by atoms with Gasteiger partial charge in [-0.1, -0.05) is 19.1 Å². The van der Waals surface area contributed by atoms with Gasteiger partial charge in [0, 0.05) is 23.6 Å². The number of anilines is 1. The summed E-state index contributed by atoms with van der Waals surface area (Å²) in [4.78, 5) is 23.1. The third kappa shape index (κ3) is 3.15. The van der Waals surface area contributed by atoms with Gasteiger partial charge in [0.1, 0.15) is 29.7 Å². The number of nitrogens with zero attached hydrogens (tertiary/aromatic N) is 4. The molecule has 150 valence electrons. The molecular formula is C22H18FN5OS. The van der Waals surface area contributed by atoms with Gasteiger partial charge < -0.3 is 9.88 Å². The number of carbonyl (C=O) groups excluding carboxylic acids is 1. The van der Waals surface area contributed by atoms with Gasteiger partial charge in [0.15, 0.2) is 4.96 Å². The number of amides is 1. The molecule has 0 fully saturated rings. The zero-order valence-electron chi connectivity index (χ0n) is 16.2. The summed E-state index contributed by atoms with van der Waals surface area (Å²) >= 11 is 1.47. The molecular weight excluding hydrogens is 401 g/mol. The van der Waals surface area contributed by atoms with Crippen molar-refractivity contribution in [3.63, 3.8) is 0 Å². The number of hydrogen-bond acceptors (Lipinski definition) is 4. The van der Waals surface area contributed by atoms with Crippen molar-refractivity contribution in [3.8, 4) is 11.3 Å². The van der Waals surface area contributed by atoms with Gasteiger partial charge in [-0.05, 0) is 36.4 Å². The highest BCUT2D eigenvalue weighted by molar-refractivity contribution is 7.15. The number of nitrogens with one attached hydrogen (secondary N) is 1. The number of para-hydroxylation sites is 2. The Labute approximate surface area is 175 Å². The van der Waals surface area contributed by atoms with Gasteiger partial charge in [-0.3, -0.25) is 9.20 Å². The van der Waals surface area contributed by atoms with Crippen molar-refractivity contribution >= 4 is 39.1 Å². The third-order valence-corrected chi connectivity index (χ3v) is 5.75. The standard InChI is InChI=1S/C22H18FN5OS/c1-2-18-24-16-5-3-4-6-17(16)28(18)13-19(29)25-21-20(14-7-9-15(23)10-8-14)26-22-27(21)11-12-30-22/h3-12H,2,13H2,1H3,(H,25,29). The Balaban J connectivity index is 1.50. The van der Waals surface area contributed by atoms with Crippen molar-refractivity contribution in [2.24, 2.45) is 0 Å². The number of rotatable bonds is 5. The molecule has 0 saturated carbocycles. The molecule has 0 aliphatic rings. The topological polar surface area (TPSA) is 64.2 Å². The minimum Gasteiger partial charge on any atom is -0.318 e. The number of aromatic nitrogens is 4. The highest BCUT2D eigenvalue weighted by Gasteiger charge is 2.19. The van der Waals surface area contributed by atoms with Crippen LogP contribution < -0.4 is 5.32 Å². The smallest absolute Gasteiger partial charge is 0.245 e. The van der Waals surface area contributed by atoms with Crippen molar-refractivity contribution in [3.05, 3.63) is 71.7 Å². The molecule has 0 radical (unpaired) electrons. The molecule has 0 atom stereocenters. The maximum atomic E-state index is 13.4. The summed E-state index contributed by atoms with van der Waals surface area (Å²) in [6.07, 6.45) is 2.59. The zero-order chi connectivity index (χ0) is 20.7. The summed E-state index contributed by atoms with van der Waals surface area (Å²) in [5.74, 6) is 0.943. The number of halogens is 1. The molecule has 0 bridgehead atoms. The lowest BCUT2D eigenvalue weighted by atomic mass is 10.1. The first-order valence-electron chi connectivity index (χ1n) is 9.59. The summed E-state index contributed by atoms with van der Waals surface area (Å²) in [7, 11) is 0. The van der Waals surface area contributed by atoms with E-state index in [0.29, 0.717) is 11.5 Å². The lowest BCUT2D eigenvalue weighted by molar-refractivity contribution is -0.116. The van der Waals surface area contributed by atoms with Crippen molar-refractivity contribution in [1.29, 1.82) is 0 Å². The van der Waals surface area contributed by atoms with Crippen molar-refractivity contribution in [2.75, 3.05) is 5.32 Å². The number of aryl methyl sites for hydroxylation is 1. The molecule has 3 aromatic heterocycles. The van der Waals surface area contributed by atoms with Crippen LogP contribution in [0.1, 0.15) is 12.7 Å². The largest absolute Gasteiger partial charge is 0.318 e. The normalized spacial score (nSPS) is 11.4. The van der Waals surface area contributed by atoms with E-state index in [9.17, 15) is 9.18 Å². The molecule has 8 heteroatoms. The average Bonchev–Trinajstić information content (AvgIpc) is 3.43. The fraction of sp³-hybridized carbons (Fsp3) is 0.136. The fourth-order valence-electron chi connectivity index (χ4n) is 3.60. The van der Waals surface area contributed by atoms with E-state index in [0.717, 1.165) is 33.8 Å². The van der Waals surface area contributed by atoms with Crippen molar-refractivity contribution in [1.82, 2.24) is 18.9 Å². The lowest BCUT2D eigenvalue weighted by Crippen LogP contribution is -2.21. The zero-order valence-corrected chi connectivity index (χ0v) is 17.0. The Morgan fingerprint density at radius 2 is 1.93 bits per heavy atom. The Bertz CT molecular complexity index is 1370. The van der Waals surface area contributed by atoms with Crippen LogP contribution in [0.25, 0.3) is 27.3 Å². The predicted octanol–water partition coefficient (Wildman–Crippen LogP) is 4.75. The van der Waals surface area contributed by atoms with E-state index in [1.54, 1.807) is 12.1 Å². The molecule has 0 aliphatic carbocycles. The fourth-order valence-corrected chi connectivity index (χ4v) is 4.32. The quantitative estimate of drug-likeness (QED) is 0.447. The molecule has 5 rings (SSSR count). The lowest BCUT2D eigenvalue weighted by Gasteiger charge is -2.10. The minimum atomic E-state index is -0.315. The van der Waals surface area contributed by atoms with Crippen molar-refractivity contribution < 1.29 is 9.18 Å². The highest BCUT2D eigenvalue weighted by atomic mass is 32.1. The van der Waals surface area contributed by atoms with E-state index in [2.05, 4.69) is 15.3 Å². The van der Waals surface area contributed by atoms with Crippen LogP contribution in [0.3, 0.4) is 0 Å². The summed E-state index contributed by atoms with van der Waals surface area (Å²) in [6, 6.07) is 13.9. The molecule has 5 aromatic rings. The van der Waals surface area contributed by atoms with Gasteiger partial charge in [0.25, 0.3) is 0 Å². The number of imidazole rings is 2. The van der Waals surface area contributed by atoms with Crippen LogP contribution in [0.5, 0.6) is 0 Å². The van der Waals surface area contributed by atoms with Gasteiger partial charge >= 0.3 is 0 Å². The first-order chi connectivity index (χ1) is 14.6. The van der Waals surface area contributed by atoms with Crippen molar-refractivity contribution in [2.45, 2.75) is 19.9 Å². The molecule has 6 nitrogen and oxygen atoms in total. The maximum Gasteiger partial charge on any atom is 0.245 e. The molecule has 1 N–H and O–H groups in total. The molecule has 3 heterocycles. The number of hydrogen-bond donors (Lipinski definition) is 1. The van der Waals surface area contributed by atoms with Crippen LogP contribution in [0.15, 0.2) is 60.1 Å². The third-order valence-electron chi connectivity index (χ3n) is 4.99. The van der Waals surface area contributed by atoms with E-state index >= 15 is 0 Å². The molecule has 2 aromatic carbocycles. The summed E-state index contributed by atoms with van der Waals surface area (Å²) < 4.78 is 17.1. The summed E-state index contributed by atoms with van der Waals surface area (Å²) in [6.45, 7) is 2.16. The Morgan fingerprint density at radius 1 is 1.13 bits per heavy atom. The van der Waals surface area contributed by atoms with Crippen LogP contribution in [0.2, 0.25) is 0 Å². The Kier molecular flexibility index (Phi) is 4.55. The van der Waals surface area contributed by atoms with Gasteiger partial charge in [0.2, 0.25) is 5.91 Å². The van der Waals surface area contributed by atoms with Crippen LogP contribution in [-0.4, -0.2) is 24.8 Å².